The topological polar surface area (TPSA) is 142 Å². The fourth-order valence-electron chi connectivity index (χ4n) is 5.77. The first-order valence-corrected chi connectivity index (χ1v) is 15.2. The second kappa shape index (κ2) is 13.1. The van der Waals surface area contributed by atoms with Gasteiger partial charge in [-0.15, -0.1) is 0 Å². The molecule has 228 valence electrons. The summed E-state index contributed by atoms with van der Waals surface area (Å²) in [6.45, 7) is 2.29. The second-order valence-corrected chi connectivity index (χ2v) is 11.6. The lowest BCUT2D eigenvalue weighted by molar-refractivity contribution is -0.120. The second-order valence-electron chi connectivity index (χ2n) is 11.2. The minimum absolute atomic E-state index is 0.0689. The zero-order valence-corrected chi connectivity index (χ0v) is 25.2. The van der Waals surface area contributed by atoms with Crippen LogP contribution >= 0.6 is 11.6 Å². The summed E-state index contributed by atoms with van der Waals surface area (Å²) in [5.41, 5.74) is 5.11. The van der Waals surface area contributed by atoms with E-state index in [0.717, 1.165) is 46.6 Å². The molecule has 0 saturated carbocycles. The quantitative estimate of drug-likeness (QED) is 0.174. The van der Waals surface area contributed by atoms with Crippen LogP contribution < -0.4 is 32.1 Å². The number of hydrogen-bond acceptors (Lipinski definition) is 8. The summed E-state index contributed by atoms with van der Waals surface area (Å²) in [5, 5.41) is 16.3. The van der Waals surface area contributed by atoms with E-state index in [0.29, 0.717) is 55.3 Å². The van der Waals surface area contributed by atoms with Gasteiger partial charge in [0.2, 0.25) is 11.8 Å². The third-order valence-corrected chi connectivity index (χ3v) is 8.57. The molecule has 3 aromatic heterocycles. The fraction of sp³-hybridized carbons (Fsp3) is 0.344. The average Bonchev–Trinajstić information content (AvgIpc) is 3.65. The maximum Gasteiger partial charge on any atom is 0.262 e. The molecule has 5 heterocycles. The van der Waals surface area contributed by atoms with Crippen molar-refractivity contribution in [2.24, 2.45) is 0 Å². The van der Waals surface area contributed by atoms with Gasteiger partial charge in [-0.2, -0.15) is 0 Å². The van der Waals surface area contributed by atoms with Gasteiger partial charge in [-0.05, 0) is 36.6 Å². The van der Waals surface area contributed by atoms with Crippen LogP contribution in [0.1, 0.15) is 36.8 Å². The van der Waals surface area contributed by atoms with Crippen LogP contribution in [0.25, 0.3) is 28.0 Å². The Bertz CT molecular complexity index is 1770. The minimum Gasteiger partial charge on any atom is -0.373 e. The number of halogens is 1. The molecule has 2 atom stereocenters. The van der Waals surface area contributed by atoms with Crippen molar-refractivity contribution < 1.29 is 9.59 Å². The molecule has 0 aliphatic carbocycles. The molecule has 2 aliphatic rings. The molecule has 6 rings (SSSR count). The van der Waals surface area contributed by atoms with Crippen LogP contribution in [0.4, 0.5) is 5.82 Å². The summed E-state index contributed by atoms with van der Waals surface area (Å²) in [4.78, 5) is 45.4. The van der Waals surface area contributed by atoms with Gasteiger partial charge in [-0.25, -0.2) is 9.97 Å². The molecular weight excluding hydrogens is 580 g/mol. The van der Waals surface area contributed by atoms with Gasteiger partial charge in [-0.3, -0.25) is 18.8 Å². The van der Waals surface area contributed by atoms with Crippen molar-refractivity contribution in [1.29, 1.82) is 0 Å². The molecule has 1 aromatic carbocycles. The van der Waals surface area contributed by atoms with Gasteiger partial charge in [0, 0.05) is 92.8 Å². The van der Waals surface area contributed by atoms with E-state index in [1.165, 1.54) is 4.40 Å². The lowest BCUT2D eigenvalue weighted by Crippen LogP contribution is -2.36. The van der Waals surface area contributed by atoms with Crippen molar-refractivity contribution >= 4 is 34.9 Å². The normalized spacial score (nSPS) is 18.0. The smallest absolute Gasteiger partial charge is 0.262 e. The van der Waals surface area contributed by atoms with Gasteiger partial charge in [0.25, 0.3) is 5.56 Å². The summed E-state index contributed by atoms with van der Waals surface area (Å²) < 4.78 is 1.53. The maximum atomic E-state index is 13.1. The lowest BCUT2D eigenvalue weighted by Gasteiger charge is -2.15. The van der Waals surface area contributed by atoms with Crippen LogP contribution in [0.5, 0.6) is 0 Å². The predicted octanol–water partition coefficient (Wildman–Crippen LogP) is 2.85. The van der Waals surface area contributed by atoms with Crippen LogP contribution in [0.3, 0.4) is 0 Å². The van der Waals surface area contributed by atoms with Crippen molar-refractivity contribution in [2.75, 3.05) is 25.5 Å². The Morgan fingerprint density at radius 3 is 2.25 bits per heavy atom. The van der Waals surface area contributed by atoms with Gasteiger partial charge < -0.3 is 26.6 Å². The highest BCUT2D eigenvalue weighted by atomic mass is 35.5. The van der Waals surface area contributed by atoms with Gasteiger partial charge in [0.15, 0.2) is 0 Å². The number of rotatable bonds is 11. The number of nitrogens with one attached hydrogen (secondary N) is 5. The van der Waals surface area contributed by atoms with Gasteiger partial charge >= 0.3 is 0 Å². The molecule has 11 nitrogen and oxygen atoms in total. The molecule has 0 radical (unpaired) electrons. The molecule has 2 amide bonds. The number of fused-ring (bicyclic) bond motifs is 1. The molecule has 0 spiro atoms. The molecule has 0 unspecified atom stereocenters. The van der Waals surface area contributed by atoms with Crippen molar-refractivity contribution in [3.05, 3.63) is 81.4 Å². The van der Waals surface area contributed by atoms with Crippen LogP contribution in [0.15, 0.2) is 59.7 Å². The Kier molecular flexibility index (Phi) is 8.87. The summed E-state index contributed by atoms with van der Waals surface area (Å²) >= 11 is 6.98. The van der Waals surface area contributed by atoms with Crippen molar-refractivity contribution in [3.8, 4) is 22.4 Å². The van der Waals surface area contributed by atoms with Crippen molar-refractivity contribution in [1.82, 2.24) is 35.6 Å². The van der Waals surface area contributed by atoms with E-state index in [1.54, 1.807) is 12.4 Å². The zero-order chi connectivity index (χ0) is 30.6. The minimum atomic E-state index is -0.143. The Labute approximate surface area is 259 Å². The fourth-order valence-corrected chi connectivity index (χ4v) is 6.11. The third-order valence-electron chi connectivity index (χ3n) is 8.16. The maximum absolute atomic E-state index is 13.1. The van der Waals surface area contributed by atoms with Crippen LogP contribution in [-0.2, 0) is 22.7 Å². The first kappa shape index (κ1) is 29.7. The van der Waals surface area contributed by atoms with Gasteiger partial charge in [0.1, 0.15) is 11.5 Å². The highest BCUT2D eigenvalue weighted by Crippen LogP contribution is 2.36. The molecule has 2 aliphatic heterocycles. The Balaban J connectivity index is 1.18. The monoisotopic (exact) mass is 614 g/mol. The van der Waals surface area contributed by atoms with E-state index in [9.17, 15) is 14.4 Å². The van der Waals surface area contributed by atoms with Crippen LogP contribution in [0, 0.1) is 0 Å². The first-order valence-electron chi connectivity index (χ1n) is 14.9. The summed E-state index contributed by atoms with van der Waals surface area (Å²) in [6, 6.07) is 13.8. The largest absolute Gasteiger partial charge is 0.373 e. The van der Waals surface area contributed by atoms with Crippen molar-refractivity contribution in [2.45, 2.75) is 50.9 Å². The number of pyridine rings is 2. The highest BCUT2D eigenvalue weighted by molar-refractivity contribution is 6.36. The number of anilines is 1. The molecule has 12 heteroatoms. The number of nitrogens with zero attached hydrogens (tertiary/aromatic N) is 3. The van der Waals surface area contributed by atoms with Crippen molar-refractivity contribution in [3.63, 3.8) is 0 Å². The zero-order valence-electron chi connectivity index (χ0n) is 24.5. The number of aromatic nitrogens is 3. The predicted molar refractivity (Wildman–Crippen MR) is 170 cm³/mol. The number of benzene rings is 1. The number of carbonyl (C=O) groups is 2. The molecule has 2 fully saturated rings. The Morgan fingerprint density at radius 1 is 0.909 bits per heavy atom. The van der Waals surface area contributed by atoms with E-state index in [2.05, 4.69) is 31.6 Å². The van der Waals surface area contributed by atoms with Gasteiger partial charge in [-0.1, -0.05) is 35.9 Å². The molecular formula is C32H35ClN8O3. The van der Waals surface area contributed by atoms with E-state index in [-0.39, 0.29) is 29.5 Å². The Morgan fingerprint density at radius 2 is 1.59 bits per heavy atom. The summed E-state index contributed by atoms with van der Waals surface area (Å²) in [6.07, 6.45) is 6.10. The van der Waals surface area contributed by atoms with Crippen LogP contribution in [0.2, 0.25) is 5.02 Å². The van der Waals surface area contributed by atoms with Gasteiger partial charge in [0.05, 0.1) is 10.7 Å². The van der Waals surface area contributed by atoms with E-state index >= 15 is 0 Å². The van der Waals surface area contributed by atoms with Crippen LogP contribution in [-0.4, -0.2) is 58.4 Å². The van der Waals surface area contributed by atoms with E-state index < -0.39 is 0 Å². The number of carbonyl (C=O) groups excluding carboxylic acids is 2. The SMILES string of the molecule is CNc1nc(-c2cccc(-c3ccn4c(=O)c(CNC[C@@H]5CCC(=O)N5)cnc4c3)c2Cl)ccc1CNC[C@@H]1CCC(=O)N1. The number of amides is 2. The summed E-state index contributed by atoms with van der Waals surface area (Å²) in [7, 11) is 1.84. The highest BCUT2D eigenvalue weighted by Gasteiger charge is 2.21. The molecule has 2 saturated heterocycles. The number of hydrogen-bond donors (Lipinski definition) is 5. The van der Waals surface area contributed by atoms with E-state index in [1.807, 2.05) is 49.5 Å². The molecule has 0 bridgehead atoms. The first-order chi connectivity index (χ1) is 21.4. The lowest BCUT2D eigenvalue weighted by atomic mass is 10.0. The average molecular weight is 615 g/mol. The molecule has 4 aromatic rings. The Hall–Kier alpha value is -4.32. The standard InChI is InChI=1S/C32H35ClN8O3/c1-34-31-20(14-35-17-22-6-9-28(42)38-22)5-8-26(40-31)25-4-2-3-24(30(25)33)19-11-12-41-27(13-19)37-16-21(32(41)44)15-36-18-23-7-10-29(43)39-23/h2-5,8,11-13,16,22-23,35-36H,6-7,9-10,14-15,17-18H2,1H3,(H,34,40)(H,38,42)(H,39,43)/t22-,23-/m0/s1. The van der Waals surface area contributed by atoms with E-state index in [4.69, 9.17) is 16.6 Å². The molecule has 5 N–H and O–H groups in total. The molecule has 44 heavy (non-hydrogen) atoms. The third kappa shape index (κ3) is 6.45. The summed E-state index contributed by atoms with van der Waals surface area (Å²) in [5.74, 6) is 0.927.